The minimum Gasteiger partial charge on any atom is -0.508 e. The Hall–Kier alpha value is -9.61. The normalized spacial score (nSPS) is 32.2. The molecular formula is C73H89ClN10O26. The molecule has 8 aliphatic rings. The Kier molecular flexibility index (Phi) is 24.2. The monoisotopic (exact) mass is 1560 g/mol. The molecule has 0 aliphatic carbocycles. The zero-order chi connectivity index (χ0) is 80.0. The van der Waals surface area contributed by atoms with E-state index < -0.39 is 256 Å². The standard InChI is InChI=1S/C73H89ClN10O26/c1-27(2)17-38(78-7)64(95)83-54-56(90)31-13-16-42(37(74)18-31)106-44-20-32-19-43(60(44)110-71-61(58(92)57(91)45(26-85)107-71)109-48-25-73(6,77)63(94)29(4)104-48)105-34-14-11-30(12-15-34)59(108-47-24-72(5,76)62(93)28(3)103-47)55-69(100)82-53(70(101)102)36-21-33(86)22-41(88)50(36)49-35(9-8-10-40(49)87)52(67(98)84-55)81-66(97)51(32)80-65(96)39(23-46(75)89)79-68(54)99/h8-16,18-22,27-29,38-39,45,47-48,51-59,61-63,71,78,85-88,90-94H,17,23-26,76-77H2,1-7H3,(H2,75,89)(H,79,99)(H,80,96)(H,81,97)(H,82,100)(H,83,95)(H,84,98)(H,101,102). The van der Waals surface area contributed by atoms with Gasteiger partial charge in [-0.2, -0.15) is 0 Å². The summed E-state index contributed by atoms with van der Waals surface area (Å²) in [5, 5.41) is 133. The number of hydrogen-bond donors (Lipinski definition) is 20. The maximum atomic E-state index is 16.5. The van der Waals surface area contributed by atoms with Gasteiger partial charge in [-0.05, 0) is 118 Å². The van der Waals surface area contributed by atoms with Crippen LogP contribution in [0.5, 0.6) is 46.0 Å². The smallest absolute Gasteiger partial charge is 0.330 e. The van der Waals surface area contributed by atoms with Gasteiger partial charge in [0.15, 0.2) is 36.2 Å². The second-order valence-corrected chi connectivity index (χ2v) is 29.5. The lowest BCUT2D eigenvalue weighted by Gasteiger charge is -2.47. The van der Waals surface area contributed by atoms with Gasteiger partial charge >= 0.3 is 5.97 Å². The molecule has 8 heterocycles. The summed E-state index contributed by atoms with van der Waals surface area (Å²) in [5.74, 6) is -16.0. The van der Waals surface area contributed by atoms with Crippen molar-refractivity contribution in [1.29, 1.82) is 0 Å². The van der Waals surface area contributed by atoms with Crippen LogP contribution in [0.2, 0.25) is 5.02 Å². The van der Waals surface area contributed by atoms with Crippen LogP contribution in [0.15, 0.2) is 84.9 Å². The molecule has 594 valence electrons. The highest BCUT2D eigenvalue weighted by Gasteiger charge is 2.52. The zero-order valence-electron chi connectivity index (χ0n) is 60.4. The number of carboxylic acid groups (broad SMARTS) is 1. The summed E-state index contributed by atoms with van der Waals surface area (Å²) < 4.78 is 51.7. The van der Waals surface area contributed by atoms with Gasteiger partial charge in [-0.1, -0.05) is 55.8 Å². The number of halogens is 1. The largest absolute Gasteiger partial charge is 0.508 e. The van der Waals surface area contributed by atoms with Crippen LogP contribution >= 0.6 is 11.6 Å². The van der Waals surface area contributed by atoms with Gasteiger partial charge in [-0.3, -0.25) is 33.6 Å². The predicted molar refractivity (Wildman–Crippen MR) is 381 cm³/mol. The van der Waals surface area contributed by atoms with Crippen LogP contribution < -0.4 is 68.6 Å². The first-order valence-electron chi connectivity index (χ1n) is 35.2. The molecule has 9 bridgehead atoms. The molecule has 8 aliphatic heterocycles. The lowest BCUT2D eigenvalue weighted by Crippen LogP contribution is -2.64. The van der Waals surface area contributed by atoms with Crippen molar-refractivity contribution in [2.75, 3.05) is 13.7 Å². The number of carbonyl (C=O) groups is 8. The molecule has 7 amide bonds. The van der Waals surface area contributed by atoms with Crippen LogP contribution in [-0.4, -0.2) is 215 Å². The van der Waals surface area contributed by atoms with E-state index in [-0.39, 0.29) is 52.8 Å². The van der Waals surface area contributed by atoms with Crippen molar-refractivity contribution in [1.82, 2.24) is 37.2 Å². The molecule has 0 radical (unpaired) electrons. The average molecular weight is 1560 g/mol. The molecule has 5 aromatic carbocycles. The number of aliphatic carboxylic acids is 1. The van der Waals surface area contributed by atoms with E-state index in [0.29, 0.717) is 0 Å². The van der Waals surface area contributed by atoms with E-state index in [0.717, 1.165) is 42.5 Å². The van der Waals surface area contributed by atoms with Gasteiger partial charge in [0.05, 0.1) is 48.5 Å². The summed E-state index contributed by atoms with van der Waals surface area (Å²) in [4.78, 5) is 120. The van der Waals surface area contributed by atoms with E-state index in [4.69, 9.17) is 66.7 Å². The zero-order valence-corrected chi connectivity index (χ0v) is 61.1. The summed E-state index contributed by atoms with van der Waals surface area (Å²) >= 11 is 7.14. The molecule has 23 N–H and O–H groups in total. The summed E-state index contributed by atoms with van der Waals surface area (Å²) in [6.07, 6.45) is -22.5. The first-order valence-corrected chi connectivity index (χ1v) is 35.6. The lowest BCUT2D eigenvalue weighted by atomic mass is 9.86. The van der Waals surface area contributed by atoms with Crippen molar-refractivity contribution in [3.05, 3.63) is 118 Å². The molecule has 0 saturated carbocycles. The second-order valence-electron chi connectivity index (χ2n) is 29.1. The lowest BCUT2D eigenvalue weighted by molar-refractivity contribution is -0.333. The molecule has 22 atom stereocenters. The number of phenolic OH excluding ortho intramolecular Hbond substituents is 3. The van der Waals surface area contributed by atoms with Crippen LogP contribution in [0.3, 0.4) is 0 Å². The number of amides is 7. The number of primary amides is 1. The number of fused-ring (bicyclic) bond motifs is 14. The third kappa shape index (κ3) is 17.1. The van der Waals surface area contributed by atoms with Crippen LogP contribution in [0.4, 0.5) is 0 Å². The molecule has 110 heavy (non-hydrogen) atoms. The molecular weight excluding hydrogens is 1470 g/mol. The van der Waals surface area contributed by atoms with E-state index in [1.54, 1.807) is 0 Å². The summed E-state index contributed by atoms with van der Waals surface area (Å²) in [5.41, 5.74) is 13.1. The Morgan fingerprint density at radius 3 is 1.88 bits per heavy atom. The van der Waals surface area contributed by atoms with Crippen molar-refractivity contribution in [3.8, 4) is 57.1 Å². The number of aliphatic hydroxyl groups excluding tert-OH is 6. The first-order chi connectivity index (χ1) is 51.9. The summed E-state index contributed by atoms with van der Waals surface area (Å²) in [6, 6.07) is 1.30. The van der Waals surface area contributed by atoms with Crippen LogP contribution in [0.1, 0.15) is 125 Å². The summed E-state index contributed by atoms with van der Waals surface area (Å²) in [6.45, 7) is 8.64. The molecule has 13 rings (SSSR count). The van der Waals surface area contributed by atoms with Gasteiger partial charge in [0, 0.05) is 46.7 Å². The van der Waals surface area contributed by atoms with E-state index in [1.165, 1.54) is 77.2 Å². The highest BCUT2D eigenvalue weighted by atomic mass is 35.5. The SMILES string of the molecule is CNC(CC(C)C)C(=O)NC1C(=O)NC(CC(N)=O)C(=O)NC2C(=O)NC3C(=O)NC(C(=O)NC(C(=O)O)c4cc(O)cc(O)c4-c4c(O)cccc43)C(OC3CC(C)(N)C(O)C(C)O3)c3ccc(cc3)Oc3cc2cc(c3OC2OC(CO)C(O)C(O)C2OC2CC(C)(N)C(O)C(C)O2)Oc2ccc(cc2Cl)C1O. The Balaban J connectivity index is 1.19. The Labute approximate surface area is 633 Å². The molecule has 5 aromatic rings. The number of likely N-dealkylation sites (N-methyl/N-ethyl adjacent to an activating group) is 1. The first kappa shape index (κ1) is 81.4. The number of nitrogens with two attached hydrogens (primary N) is 3. The van der Waals surface area contributed by atoms with Crippen molar-refractivity contribution < 1.29 is 127 Å². The molecule has 0 spiro atoms. The number of carbonyl (C=O) groups excluding carboxylic acids is 7. The number of carboxylic acids is 1. The van der Waals surface area contributed by atoms with E-state index in [9.17, 15) is 70.2 Å². The van der Waals surface area contributed by atoms with Crippen molar-refractivity contribution in [2.24, 2.45) is 23.1 Å². The number of hydrogen-bond acceptors (Lipinski definition) is 28. The van der Waals surface area contributed by atoms with Gasteiger partial charge < -0.3 is 143 Å². The highest BCUT2D eigenvalue weighted by Crippen LogP contribution is 2.50. The number of nitrogens with one attached hydrogen (secondary N) is 7. The predicted octanol–water partition coefficient (Wildman–Crippen LogP) is -0.310. The Morgan fingerprint density at radius 1 is 0.673 bits per heavy atom. The molecule has 3 saturated heterocycles. The minimum atomic E-state index is -2.39. The van der Waals surface area contributed by atoms with Crippen LogP contribution in [-0.2, 0) is 62.0 Å². The van der Waals surface area contributed by atoms with Crippen molar-refractivity contribution >= 4 is 58.9 Å². The maximum absolute atomic E-state index is 16.5. The van der Waals surface area contributed by atoms with E-state index in [2.05, 4.69) is 37.2 Å². The fourth-order valence-electron chi connectivity index (χ4n) is 14.3. The number of ether oxygens (including phenoxy) is 8. The third-order valence-corrected chi connectivity index (χ3v) is 20.4. The van der Waals surface area contributed by atoms with Gasteiger partial charge in [0.1, 0.15) is 89.5 Å². The maximum Gasteiger partial charge on any atom is 0.330 e. The number of benzene rings is 5. The van der Waals surface area contributed by atoms with Gasteiger partial charge in [0.2, 0.25) is 53.4 Å². The number of aromatic hydroxyl groups is 3. The average Bonchev–Trinajstić information content (AvgIpc) is 1.27. The van der Waals surface area contributed by atoms with E-state index in [1.807, 2.05) is 13.8 Å². The minimum absolute atomic E-state index is 0.0476. The second kappa shape index (κ2) is 32.8. The number of rotatable bonds is 15. The molecule has 37 heteroatoms. The highest BCUT2D eigenvalue weighted by molar-refractivity contribution is 6.32. The van der Waals surface area contributed by atoms with Crippen molar-refractivity contribution in [2.45, 2.75) is 201 Å². The van der Waals surface area contributed by atoms with E-state index >= 15 is 19.2 Å². The number of aliphatic hydroxyl groups is 6. The Bertz CT molecular complexity index is 4350. The molecule has 36 nitrogen and oxygen atoms in total. The summed E-state index contributed by atoms with van der Waals surface area (Å²) in [7, 11) is 1.47. The van der Waals surface area contributed by atoms with Crippen LogP contribution in [0.25, 0.3) is 11.1 Å². The topological polar surface area (TPSA) is 575 Å². The van der Waals surface area contributed by atoms with Gasteiger partial charge in [0.25, 0.3) is 0 Å². The fraction of sp³-hybridized carbons (Fsp3) is 0.479. The van der Waals surface area contributed by atoms with Crippen LogP contribution in [0, 0.1) is 5.92 Å². The van der Waals surface area contributed by atoms with Gasteiger partial charge in [-0.25, -0.2) is 4.79 Å². The number of phenols is 3. The van der Waals surface area contributed by atoms with Crippen molar-refractivity contribution in [3.63, 3.8) is 0 Å². The Morgan fingerprint density at radius 2 is 1.28 bits per heavy atom. The molecule has 3 fully saturated rings. The fourth-order valence-corrected chi connectivity index (χ4v) is 14.5. The quantitative estimate of drug-likeness (QED) is 0.0639. The molecule has 0 aromatic heterocycles. The molecule has 22 unspecified atom stereocenters. The third-order valence-electron chi connectivity index (χ3n) is 20.1. The van der Waals surface area contributed by atoms with Gasteiger partial charge in [-0.15, -0.1) is 0 Å².